The van der Waals surface area contributed by atoms with E-state index in [1.54, 1.807) is 48.5 Å². The number of hydrogen-bond acceptors (Lipinski definition) is 8. The molecule has 1 N–H and O–H groups in total. The fourth-order valence-electron chi connectivity index (χ4n) is 4.64. The smallest absolute Gasteiger partial charge is 0.296 e. The van der Waals surface area contributed by atoms with Crippen molar-refractivity contribution in [3.05, 3.63) is 99.7 Å². The number of aryl methyl sites for hydroxylation is 1. The lowest BCUT2D eigenvalue weighted by molar-refractivity contribution is 0.358. The first-order valence-corrected chi connectivity index (χ1v) is 14.3. The van der Waals surface area contributed by atoms with Crippen LogP contribution in [0.15, 0.2) is 81.6 Å². The van der Waals surface area contributed by atoms with Crippen molar-refractivity contribution < 1.29 is 13.5 Å². The molecular formula is C30H27N5O4S. The Balaban J connectivity index is 1.88. The minimum Gasteiger partial charge on any atom is -0.493 e. The third-order valence-electron chi connectivity index (χ3n) is 6.63. The molecule has 40 heavy (non-hydrogen) atoms. The summed E-state index contributed by atoms with van der Waals surface area (Å²) in [6.07, 6.45) is 3.54. The number of nitriles is 2. The molecule has 1 unspecified atom stereocenters. The number of nitrogens with zero attached hydrogens (tertiary/aromatic N) is 5. The molecule has 2 aromatic heterocycles. The summed E-state index contributed by atoms with van der Waals surface area (Å²) >= 11 is 0. The number of pyridine rings is 1. The summed E-state index contributed by atoms with van der Waals surface area (Å²) in [6, 6.07) is 20.0. The van der Waals surface area contributed by atoms with E-state index in [9.17, 15) is 28.8 Å². The Labute approximate surface area is 232 Å². The normalized spacial score (nSPS) is 11.9. The van der Waals surface area contributed by atoms with Crippen molar-refractivity contribution in [1.82, 2.24) is 14.5 Å². The van der Waals surface area contributed by atoms with Crippen LogP contribution < -0.4 is 5.56 Å². The van der Waals surface area contributed by atoms with Crippen LogP contribution in [0.2, 0.25) is 0 Å². The molecule has 0 aliphatic rings. The molecule has 0 amide bonds. The first-order valence-electron chi connectivity index (χ1n) is 12.8. The Bertz CT molecular complexity index is 1800. The largest absolute Gasteiger partial charge is 0.493 e. The van der Waals surface area contributed by atoms with Crippen molar-refractivity contribution >= 4 is 9.84 Å². The van der Waals surface area contributed by atoms with E-state index < -0.39 is 37.2 Å². The maximum atomic E-state index is 13.7. The van der Waals surface area contributed by atoms with Gasteiger partial charge in [0.2, 0.25) is 20.6 Å². The van der Waals surface area contributed by atoms with Crippen molar-refractivity contribution in [1.29, 1.82) is 10.5 Å². The van der Waals surface area contributed by atoms with Gasteiger partial charge in [-0.3, -0.25) is 9.36 Å². The van der Waals surface area contributed by atoms with Crippen LogP contribution in [0.5, 0.6) is 5.88 Å². The summed E-state index contributed by atoms with van der Waals surface area (Å²) in [6.45, 7) is 3.83. The van der Waals surface area contributed by atoms with Crippen molar-refractivity contribution in [3.8, 4) is 29.1 Å². The third-order valence-corrected chi connectivity index (χ3v) is 8.31. The summed E-state index contributed by atoms with van der Waals surface area (Å²) in [5.41, 5.74) is 1.52. The third kappa shape index (κ3) is 5.35. The van der Waals surface area contributed by atoms with E-state index in [-0.39, 0.29) is 5.82 Å². The van der Waals surface area contributed by atoms with Crippen LogP contribution >= 0.6 is 0 Å². The van der Waals surface area contributed by atoms with E-state index in [0.717, 1.165) is 6.42 Å². The highest BCUT2D eigenvalue weighted by Gasteiger charge is 2.32. The summed E-state index contributed by atoms with van der Waals surface area (Å²) in [4.78, 5) is 20.5. The van der Waals surface area contributed by atoms with Crippen LogP contribution in [-0.4, -0.2) is 28.1 Å². The molecule has 4 aromatic rings. The summed E-state index contributed by atoms with van der Waals surface area (Å²) in [5, 5.41) is 29.8. The number of aromatic hydroxyl groups is 1. The molecular weight excluding hydrogens is 526 g/mol. The molecule has 1 atom stereocenters. The van der Waals surface area contributed by atoms with E-state index in [1.807, 2.05) is 13.8 Å². The van der Waals surface area contributed by atoms with E-state index in [0.29, 0.717) is 47.1 Å². The number of sulfone groups is 1. The SMILES string of the molecule is CCCCc1nc(=O)c(S(=O)(=O)c2ccc(-c3ccccc3C#N)cn2)c(O)n1C(CC)c1cccc(C#N)c1. The second-order valence-electron chi connectivity index (χ2n) is 9.17. The van der Waals surface area contributed by atoms with Gasteiger partial charge in [-0.05, 0) is 48.7 Å². The molecule has 0 aliphatic carbocycles. The van der Waals surface area contributed by atoms with Crippen LogP contribution in [0.3, 0.4) is 0 Å². The van der Waals surface area contributed by atoms with Crippen LogP contribution in [-0.2, 0) is 16.3 Å². The lowest BCUT2D eigenvalue weighted by Gasteiger charge is -2.25. The Morgan fingerprint density at radius 2 is 1.80 bits per heavy atom. The zero-order valence-electron chi connectivity index (χ0n) is 22.1. The molecule has 0 fully saturated rings. The van der Waals surface area contributed by atoms with Crippen molar-refractivity contribution in [3.63, 3.8) is 0 Å². The fraction of sp³-hybridized carbons (Fsp3) is 0.233. The molecule has 2 aromatic carbocycles. The topological polar surface area (TPSA) is 150 Å². The number of unbranched alkanes of at least 4 members (excludes halogenated alkanes) is 1. The molecule has 10 heteroatoms. The van der Waals surface area contributed by atoms with Gasteiger partial charge in [0.1, 0.15) is 5.82 Å². The van der Waals surface area contributed by atoms with E-state index >= 15 is 0 Å². The van der Waals surface area contributed by atoms with E-state index in [2.05, 4.69) is 22.1 Å². The van der Waals surface area contributed by atoms with Crippen LogP contribution in [0.25, 0.3) is 11.1 Å². The highest BCUT2D eigenvalue weighted by molar-refractivity contribution is 7.91. The van der Waals surface area contributed by atoms with Crippen LogP contribution in [0.1, 0.15) is 61.7 Å². The van der Waals surface area contributed by atoms with E-state index in [4.69, 9.17) is 0 Å². The lowest BCUT2D eigenvalue weighted by atomic mass is 10.0. The first kappa shape index (κ1) is 28.2. The van der Waals surface area contributed by atoms with Gasteiger partial charge in [-0.1, -0.05) is 50.6 Å². The Hall–Kier alpha value is -4.80. The fourth-order valence-corrected chi connectivity index (χ4v) is 5.90. The van der Waals surface area contributed by atoms with Gasteiger partial charge in [0.15, 0.2) is 5.03 Å². The number of benzene rings is 2. The highest BCUT2D eigenvalue weighted by Crippen LogP contribution is 2.33. The van der Waals surface area contributed by atoms with Gasteiger partial charge in [0.05, 0.1) is 29.3 Å². The van der Waals surface area contributed by atoms with Gasteiger partial charge in [0.25, 0.3) is 5.56 Å². The molecule has 0 radical (unpaired) electrons. The zero-order valence-corrected chi connectivity index (χ0v) is 22.9. The predicted molar refractivity (Wildman–Crippen MR) is 148 cm³/mol. The van der Waals surface area contributed by atoms with Gasteiger partial charge in [-0.25, -0.2) is 13.4 Å². The zero-order chi connectivity index (χ0) is 28.9. The molecule has 0 spiro atoms. The molecule has 0 bridgehead atoms. The van der Waals surface area contributed by atoms with Gasteiger partial charge >= 0.3 is 0 Å². The quantitative estimate of drug-likeness (QED) is 0.307. The summed E-state index contributed by atoms with van der Waals surface area (Å²) in [7, 11) is -4.59. The molecule has 2 heterocycles. The molecule has 4 rings (SSSR count). The molecule has 0 saturated carbocycles. The maximum absolute atomic E-state index is 13.7. The molecule has 0 aliphatic heterocycles. The van der Waals surface area contributed by atoms with Gasteiger partial charge in [0, 0.05) is 23.7 Å². The average molecular weight is 554 g/mol. The number of hydrogen-bond donors (Lipinski definition) is 1. The standard InChI is InChI=1S/C30H27N5O4S/c1-3-5-13-26-34-29(36)28(30(37)35(26)25(4-2)21-11-8-9-20(16-21)17-31)40(38,39)27-15-14-23(19-33-27)24-12-7-6-10-22(24)18-32/h6-12,14-16,19,25,37H,3-5,13H2,1-2H3. The maximum Gasteiger partial charge on any atom is 0.296 e. The van der Waals surface area contributed by atoms with Crippen LogP contribution in [0, 0.1) is 22.7 Å². The Morgan fingerprint density at radius 3 is 2.45 bits per heavy atom. The molecule has 0 saturated heterocycles. The average Bonchev–Trinajstić information content (AvgIpc) is 2.97. The highest BCUT2D eigenvalue weighted by atomic mass is 32.2. The second kappa shape index (κ2) is 11.9. The summed E-state index contributed by atoms with van der Waals surface area (Å²) < 4.78 is 28.8. The van der Waals surface area contributed by atoms with Gasteiger partial charge < -0.3 is 5.11 Å². The van der Waals surface area contributed by atoms with Crippen molar-refractivity contribution in [2.45, 2.75) is 55.5 Å². The Kier molecular flexibility index (Phi) is 8.42. The van der Waals surface area contributed by atoms with Crippen molar-refractivity contribution in [2.24, 2.45) is 0 Å². The van der Waals surface area contributed by atoms with Crippen molar-refractivity contribution in [2.75, 3.05) is 0 Å². The number of rotatable bonds is 9. The first-order chi connectivity index (χ1) is 19.3. The second-order valence-corrected chi connectivity index (χ2v) is 11.0. The van der Waals surface area contributed by atoms with Gasteiger partial charge in [-0.15, -0.1) is 0 Å². The van der Waals surface area contributed by atoms with Gasteiger partial charge in [-0.2, -0.15) is 15.5 Å². The minimum atomic E-state index is -4.59. The number of aromatic nitrogens is 3. The van der Waals surface area contributed by atoms with E-state index in [1.165, 1.54) is 22.9 Å². The Morgan fingerprint density at radius 1 is 1.02 bits per heavy atom. The molecule has 202 valence electrons. The monoisotopic (exact) mass is 553 g/mol. The van der Waals surface area contributed by atoms with Crippen LogP contribution in [0.4, 0.5) is 0 Å². The summed E-state index contributed by atoms with van der Waals surface area (Å²) in [5.74, 6) is -0.463. The molecule has 9 nitrogen and oxygen atoms in total. The predicted octanol–water partition coefficient (Wildman–Crippen LogP) is 4.93. The lowest BCUT2D eigenvalue weighted by Crippen LogP contribution is -2.27. The minimum absolute atomic E-state index is 0.258.